The highest BCUT2D eigenvalue weighted by atomic mass is 32.1. The summed E-state index contributed by atoms with van der Waals surface area (Å²) in [6, 6.07) is 6.13. The Morgan fingerprint density at radius 3 is 2.67 bits per heavy atom. The van der Waals surface area contributed by atoms with Gasteiger partial charge < -0.3 is 5.32 Å². The highest BCUT2D eigenvalue weighted by Gasteiger charge is 2.10. The van der Waals surface area contributed by atoms with Gasteiger partial charge in [-0.25, -0.2) is 4.98 Å². The quantitative estimate of drug-likeness (QED) is 0.423. The largest absolute Gasteiger partial charge is 0.331 e. The van der Waals surface area contributed by atoms with E-state index in [0.717, 1.165) is 38.9 Å². The van der Waals surface area contributed by atoms with Gasteiger partial charge in [-0.05, 0) is 51.0 Å². The van der Waals surface area contributed by atoms with E-state index in [2.05, 4.69) is 37.5 Å². The molecule has 5 nitrogen and oxygen atoms in total. The highest BCUT2D eigenvalue weighted by Crippen LogP contribution is 2.20. The molecule has 0 aliphatic rings. The van der Waals surface area contributed by atoms with E-state index in [1.165, 1.54) is 0 Å². The molecule has 0 saturated carbocycles. The molecule has 3 aromatic rings. The number of hydrazone groups is 1. The third kappa shape index (κ3) is 3.18. The van der Waals surface area contributed by atoms with Gasteiger partial charge in [-0.3, -0.25) is 9.83 Å². The van der Waals surface area contributed by atoms with E-state index in [1.54, 1.807) is 17.6 Å². The van der Waals surface area contributed by atoms with E-state index in [4.69, 9.17) is 12.2 Å². The minimum Gasteiger partial charge on any atom is -0.331 e. The van der Waals surface area contributed by atoms with Gasteiger partial charge in [0.2, 0.25) is 0 Å². The molecule has 0 aliphatic heterocycles. The lowest BCUT2D eigenvalue weighted by molar-refractivity contribution is 1.04. The van der Waals surface area contributed by atoms with Crippen LogP contribution < -0.4 is 10.7 Å². The van der Waals surface area contributed by atoms with Crippen molar-refractivity contribution >= 4 is 45.5 Å². The first-order chi connectivity index (χ1) is 11.5. The number of aromatic nitrogens is 2. The van der Waals surface area contributed by atoms with Crippen molar-refractivity contribution < 1.29 is 0 Å². The fourth-order valence-electron chi connectivity index (χ4n) is 2.58. The zero-order chi connectivity index (χ0) is 17.3. The molecule has 1 aromatic carbocycles. The van der Waals surface area contributed by atoms with Crippen LogP contribution in [0, 0.1) is 27.7 Å². The summed E-state index contributed by atoms with van der Waals surface area (Å²) in [6.07, 6.45) is 1.76. The second-order valence-electron chi connectivity index (χ2n) is 5.67. The Morgan fingerprint density at radius 1 is 1.25 bits per heavy atom. The van der Waals surface area contributed by atoms with Crippen LogP contribution in [0.15, 0.2) is 28.7 Å². The number of hydrogen-bond donors (Lipinski definition) is 2. The van der Waals surface area contributed by atoms with E-state index in [1.807, 2.05) is 39.0 Å². The highest BCUT2D eigenvalue weighted by molar-refractivity contribution is 7.80. The predicted molar refractivity (Wildman–Crippen MR) is 105 cm³/mol. The number of aryl methyl sites for hydroxylation is 4. The van der Waals surface area contributed by atoms with E-state index in [-0.39, 0.29) is 0 Å². The molecule has 24 heavy (non-hydrogen) atoms. The SMILES string of the molecule is Cc1cccc(C)c1NC(=S)N/N=C\c1c(C)nc2scc(C)n12. The van der Waals surface area contributed by atoms with Crippen LogP contribution in [0.5, 0.6) is 0 Å². The average Bonchev–Trinajstić information content (AvgIpc) is 3.03. The second kappa shape index (κ2) is 6.70. The van der Waals surface area contributed by atoms with Crippen LogP contribution in [-0.2, 0) is 0 Å². The molecule has 124 valence electrons. The number of para-hydroxylation sites is 1. The minimum atomic E-state index is 0.462. The Labute approximate surface area is 150 Å². The van der Waals surface area contributed by atoms with Crippen molar-refractivity contribution in [2.45, 2.75) is 27.7 Å². The first-order valence-corrected chi connectivity index (χ1v) is 8.85. The molecular weight excluding hydrogens is 338 g/mol. The second-order valence-corrected chi connectivity index (χ2v) is 6.91. The number of benzene rings is 1. The van der Waals surface area contributed by atoms with Gasteiger partial charge in [0.15, 0.2) is 10.1 Å². The molecule has 2 heterocycles. The van der Waals surface area contributed by atoms with Crippen LogP contribution in [0.25, 0.3) is 4.96 Å². The van der Waals surface area contributed by atoms with E-state index < -0.39 is 0 Å². The molecular formula is C17H19N5S2. The molecule has 3 rings (SSSR count). The topological polar surface area (TPSA) is 53.7 Å². The molecule has 0 fully saturated rings. The number of thiazole rings is 1. The summed E-state index contributed by atoms with van der Waals surface area (Å²) in [5.41, 5.74) is 9.24. The summed E-state index contributed by atoms with van der Waals surface area (Å²) < 4.78 is 2.09. The summed E-state index contributed by atoms with van der Waals surface area (Å²) in [7, 11) is 0. The third-order valence-corrected chi connectivity index (χ3v) is 4.96. The van der Waals surface area contributed by atoms with Crippen LogP contribution >= 0.6 is 23.6 Å². The zero-order valence-corrected chi connectivity index (χ0v) is 15.7. The molecule has 0 saturated heterocycles. The molecule has 0 atom stereocenters. The Hall–Kier alpha value is -2.25. The normalized spacial score (nSPS) is 11.3. The van der Waals surface area contributed by atoms with Crippen molar-refractivity contribution in [3.05, 3.63) is 51.8 Å². The van der Waals surface area contributed by atoms with Gasteiger partial charge in [0.1, 0.15) is 0 Å². The monoisotopic (exact) mass is 357 g/mol. The van der Waals surface area contributed by atoms with E-state index >= 15 is 0 Å². The van der Waals surface area contributed by atoms with Crippen LogP contribution in [0.2, 0.25) is 0 Å². The first kappa shape index (κ1) is 16.6. The number of imidazole rings is 1. The molecule has 0 spiro atoms. The molecule has 0 bridgehead atoms. The Bertz CT molecular complexity index is 916. The molecule has 7 heteroatoms. The van der Waals surface area contributed by atoms with Crippen molar-refractivity contribution in [2.75, 3.05) is 5.32 Å². The third-order valence-electron chi connectivity index (χ3n) is 3.83. The summed E-state index contributed by atoms with van der Waals surface area (Å²) in [5.74, 6) is 0. The molecule has 2 N–H and O–H groups in total. The summed E-state index contributed by atoms with van der Waals surface area (Å²) >= 11 is 6.96. The lowest BCUT2D eigenvalue weighted by atomic mass is 10.1. The molecule has 0 radical (unpaired) electrons. The number of nitrogens with one attached hydrogen (secondary N) is 2. The fraction of sp³-hybridized carbons (Fsp3) is 0.235. The predicted octanol–water partition coefficient (Wildman–Crippen LogP) is 3.95. The van der Waals surface area contributed by atoms with Gasteiger partial charge in [0, 0.05) is 16.8 Å². The van der Waals surface area contributed by atoms with Gasteiger partial charge in [0.25, 0.3) is 0 Å². The molecule has 0 unspecified atom stereocenters. The standard InChI is InChI=1S/C17H19N5S2/c1-10-6-5-7-11(2)15(10)20-16(23)21-18-8-14-13(4)19-17-22(14)12(3)9-24-17/h5-9H,1-4H3,(H2,20,21,23)/b18-8-. The van der Waals surface area contributed by atoms with Crippen molar-refractivity contribution in [1.82, 2.24) is 14.8 Å². The summed E-state index contributed by atoms with van der Waals surface area (Å²) in [4.78, 5) is 5.51. The van der Waals surface area contributed by atoms with Crippen molar-refractivity contribution in [2.24, 2.45) is 5.10 Å². The molecule has 2 aromatic heterocycles. The summed E-state index contributed by atoms with van der Waals surface area (Å²) in [6.45, 7) is 8.14. The molecule has 0 aliphatic carbocycles. The maximum atomic E-state index is 5.33. The average molecular weight is 358 g/mol. The maximum absolute atomic E-state index is 5.33. The fourth-order valence-corrected chi connectivity index (χ4v) is 3.66. The van der Waals surface area contributed by atoms with Gasteiger partial charge in [-0.1, -0.05) is 18.2 Å². The van der Waals surface area contributed by atoms with Crippen molar-refractivity contribution in [1.29, 1.82) is 0 Å². The number of hydrogen-bond acceptors (Lipinski definition) is 4. The zero-order valence-electron chi connectivity index (χ0n) is 14.0. The van der Waals surface area contributed by atoms with E-state index in [0.29, 0.717) is 5.11 Å². The van der Waals surface area contributed by atoms with Gasteiger partial charge in [-0.2, -0.15) is 5.10 Å². The van der Waals surface area contributed by atoms with Crippen LogP contribution in [0.3, 0.4) is 0 Å². The number of fused-ring (bicyclic) bond motifs is 1. The smallest absolute Gasteiger partial charge is 0.194 e. The molecule has 0 amide bonds. The number of anilines is 1. The van der Waals surface area contributed by atoms with Crippen LogP contribution in [0.4, 0.5) is 5.69 Å². The summed E-state index contributed by atoms with van der Waals surface area (Å²) in [5, 5.41) is 10.0. The van der Waals surface area contributed by atoms with Gasteiger partial charge in [0.05, 0.1) is 17.6 Å². The number of nitrogens with zero attached hydrogens (tertiary/aromatic N) is 3. The Balaban J connectivity index is 1.73. The lowest BCUT2D eigenvalue weighted by Crippen LogP contribution is -2.24. The first-order valence-electron chi connectivity index (χ1n) is 7.57. The van der Waals surface area contributed by atoms with Crippen molar-refractivity contribution in [3.63, 3.8) is 0 Å². The van der Waals surface area contributed by atoms with Crippen molar-refractivity contribution in [3.8, 4) is 0 Å². The van der Waals surface area contributed by atoms with Gasteiger partial charge in [-0.15, -0.1) is 11.3 Å². The van der Waals surface area contributed by atoms with Crippen LogP contribution in [-0.4, -0.2) is 20.7 Å². The Morgan fingerprint density at radius 2 is 1.96 bits per heavy atom. The minimum absolute atomic E-state index is 0.462. The van der Waals surface area contributed by atoms with Gasteiger partial charge >= 0.3 is 0 Å². The van der Waals surface area contributed by atoms with E-state index in [9.17, 15) is 0 Å². The number of thiocarbonyl (C=S) groups is 1. The van der Waals surface area contributed by atoms with Crippen LogP contribution in [0.1, 0.15) is 28.2 Å². The lowest BCUT2D eigenvalue weighted by Gasteiger charge is -2.12. The maximum Gasteiger partial charge on any atom is 0.194 e. The Kier molecular flexibility index (Phi) is 4.64. The number of rotatable bonds is 3.